The van der Waals surface area contributed by atoms with Crippen molar-refractivity contribution in [3.63, 3.8) is 0 Å². The number of rotatable bonds is 18. The summed E-state index contributed by atoms with van der Waals surface area (Å²) in [7, 11) is -19.0. The molecule has 0 atom stereocenters. The summed E-state index contributed by atoms with van der Waals surface area (Å²) in [6, 6.07) is 43.6. The van der Waals surface area contributed by atoms with E-state index in [0.29, 0.717) is 65.9 Å². The summed E-state index contributed by atoms with van der Waals surface area (Å²) in [5.41, 5.74) is 3.38. The van der Waals surface area contributed by atoms with E-state index < -0.39 is 83.7 Å². The maximum absolute atomic E-state index is 16.2. The van der Waals surface area contributed by atoms with Crippen LogP contribution in [-0.2, 0) is 40.5 Å². The second-order valence-electron chi connectivity index (χ2n) is 28.0. The van der Waals surface area contributed by atoms with E-state index in [0.717, 1.165) is 58.3 Å². The van der Waals surface area contributed by atoms with Gasteiger partial charge in [-0.15, -0.1) is 0 Å². The van der Waals surface area contributed by atoms with Crippen molar-refractivity contribution in [2.75, 3.05) is 9.80 Å². The van der Waals surface area contributed by atoms with Gasteiger partial charge in [0, 0.05) is 43.1 Å². The summed E-state index contributed by atoms with van der Waals surface area (Å²) in [6.45, 7) is 15.5. The summed E-state index contributed by atoms with van der Waals surface area (Å²) < 4.78 is 169. The molecule has 26 heteroatoms. The van der Waals surface area contributed by atoms with Crippen LogP contribution in [0.2, 0.25) is 0 Å². The molecule has 0 saturated heterocycles. The number of para-hydroxylation sites is 2. The van der Waals surface area contributed by atoms with Crippen LogP contribution in [0.4, 0.5) is 11.4 Å². The molecule has 0 spiro atoms. The molecule has 0 saturated carbocycles. The second kappa shape index (κ2) is 25.1. The van der Waals surface area contributed by atoms with Crippen LogP contribution in [-0.4, -0.2) is 75.5 Å². The molecule has 16 rings (SSSR count). The predicted molar refractivity (Wildman–Crippen MR) is 408 cm³/mol. The molecule has 2 aliphatic rings. The molecular weight excluding hydrogens is 1460 g/mol. The van der Waals surface area contributed by atoms with Crippen molar-refractivity contribution >= 4 is 151 Å². The third-order valence-corrected chi connectivity index (χ3v) is 23.6. The van der Waals surface area contributed by atoms with Gasteiger partial charge in [0.05, 0.1) is 53.2 Å². The molecule has 4 N–H and O–H groups in total. The monoisotopic (exact) mass is 1520 g/mol. The maximum Gasteiger partial charge on any atom is 0.294 e. The van der Waals surface area contributed by atoms with Crippen LogP contribution < -0.4 is 28.7 Å². The Balaban J connectivity index is 1.09. The first-order valence-electron chi connectivity index (χ1n) is 34.1. The van der Waals surface area contributed by atoms with E-state index in [1.165, 1.54) is 72.8 Å². The molecule has 14 aromatic rings. The van der Waals surface area contributed by atoms with Gasteiger partial charge in [-0.3, -0.25) is 37.4 Å². The normalized spacial score (nSPS) is 13.9. The second-order valence-corrected chi connectivity index (χ2v) is 33.7. The maximum atomic E-state index is 16.2. The predicted octanol–water partition coefficient (Wildman–Crippen LogP) is 18.9. The number of amides is 4. The molecule has 2 heterocycles. The Morgan fingerprint density at radius 3 is 0.657 bits per heavy atom. The Labute approximate surface area is 617 Å². The highest BCUT2D eigenvalue weighted by Crippen LogP contribution is 2.59. The molecule has 2 aliphatic heterocycles. The van der Waals surface area contributed by atoms with Gasteiger partial charge in [0.15, 0.2) is 0 Å². The molecule has 0 radical (unpaired) electrons. The van der Waals surface area contributed by atoms with Crippen molar-refractivity contribution in [1.82, 2.24) is 0 Å². The number of anilines is 2. The van der Waals surface area contributed by atoms with Crippen LogP contribution in [0, 0.1) is 0 Å². The van der Waals surface area contributed by atoms with Gasteiger partial charge in [0.25, 0.3) is 64.1 Å². The van der Waals surface area contributed by atoms with Crippen LogP contribution >= 0.6 is 0 Å². The first-order valence-corrected chi connectivity index (χ1v) is 39.9. The molecule has 108 heavy (non-hydrogen) atoms. The van der Waals surface area contributed by atoms with Crippen molar-refractivity contribution in [3.8, 4) is 46.0 Å². The SMILES string of the molecule is CC(C)c1cccc(C(C)C)c1N1C(=O)c2cc(Oc3ccc(S(=O)(=O)O)cc3)c3c4ccc5c6c(Oc7ccc(S(=O)(=O)O)cc7)cc7c8c(cc(Oc9ccc(S(=O)(=O)O)cc9)c(c9ccc(c%10c(Oc%11ccc(S(=O)(=O)O)cc%11)cc(c2c3%10)C1=O)c4c59)c86)C(=O)N(c1c(C(C)C)cccc1C(C)C)C7=O. The summed E-state index contributed by atoms with van der Waals surface area (Å²) in [5.74, 6) is -3.91. The molecule has 544 valence electrons. The standard InChI is InChI=1S/C82H62N2O20S4/c1-39(2)51-11-9-12-52(40(3)4)77(51)83-79(85)59-35-63(101-43-15-23-47(24-16-43)105(89,90)91)71-55-31-33-57-68-58(34-32-56(67(55)68)72-64(36-60(80(83)86)69(59)75(71)72)102-44-17-25-48(26-18-44)106(92,93)94)74-66(104-46-21-29-50(30-22-46)108(98,99)100)38-62-70-61(37-65(73(57)76(70)74)103-45-19-27-49(28-20-45)107(95,96)97)81(87)84(82(62)88)78-53(41(5)6)13-10-14-54(78)42(7)8/h9-42H,1-8H3,(H,89,90,91)(H,92,93,94)(H,95,96,97)(H,98,99,100). The number of nitrogens with zero attached hydrogens (tertiary/aromatic N) is 2. The van der Waals surface area contributed by atoms with Gasteiger partial charge in [-0.1, -0.05) is 116 Å². The zero-order valence-electron chi connectivity index (χ0n) is 58.5. The fourth-order valence-electron chi connectivity index (χ4n) is 15.4. The topological polar surface area (TPSA) is 329 Å². The van der Waals surface area contributed by atoms with E-state index in [2.05, 4.69) is 0 Å². The molecule has 0 fully saturated rings. The van der Waals surface area contributed by atoms with Gasteiger partial charge in [0.1, 0.15) is 46.0 Å². The Bertz CT molecular complexity index is 6010. The number of hydrogen-bond acceptors (Lipinski definition) is 16. The third kappa shape index (κ3) is 11.3. The lowest BCUT2D eigenvalue weighted by molar-refractivity contribution is 0.0877. The van der Waals surface area contributed by atoms with Crippen LogP contribution in [0.3, 0.4) is 0 Å². The van der Waals surface area contributed by atoms with Crippen molar-refractivity contribution in [2.45, 2.75) is 98.6 Å². The molecule has 4 amide bonds. The van der Waals surface area contributed by atoms with Crippen molar-refractivity contribution in [3.05, 3.63) is 226 Å². The van der Waals surface area contributed by atoms with E-state index in [1.54, 1.807) is 24.3 Å². The van der Waals surface area contributed by atoms with Crippen molar-refractivity contribution in [2.24, 2.45) is 0 Å². The molecule has 0 unspecified atom stereocenters. The van der Waals surface area contributed by atoms with Gasteiger partial charge < -0.3 is 18.9 Å². The number of benzene rings is 14. The minimum absolute atomic E-state index is 0.0113. The molecule has 0 bridgehead atoms. The van der Waals surface area contributed by atoms with Gasteiger partial charge in [-0.05, 0) is 200 Å². The van der Waals surface area contributed by atoms with Crippen LogP contribution in [0.5, 0.6) is 46.0 Å². The fraction of sp³-hybridized carbons (Fsp3) is 0.146. The Hall–Kier alpha value is -11.5. The summed E-state index contributed by atoms with van der Waals surface area (Å²) >= 11 is 0. The number of fused-ring (bicyclic) bond motifs is 4. The highest BCUT2D eigenvalue weighted by atomic mass is 32.2. The number of carbonyl (C=O) groups excluding carboxylic acids is 4. The highest BCUT2D eigenvalue weighted by Gasteiger charge is 2.43. The first kappa shape index (κ1) is 70.8. The van der Waals surface area contributed by atoms with Gasteiger partial charge in [-0.25, -0.2) is 9.80 Å². The number of ether oxygens (including phenoxy) is 4. The summed E-state index contributed by atoms with van der Waals surface area (Å²) in [6.07, 6.45) is 0. The van der Waals surface area contributed by atoms with Gasteiger partial charge in [0.2, 0.25) is 0 Å². The van der Waals surface area contributed by atoms with Crippen LogP contribution in [0.15, 0.2) is 202 Å². The average Bonchev–Trinajstić information content (AvgIpc) is 0.671. The molecule has 0 aliphatic carbocycles. The van der Waals surface area contributed by atoms with Crippen molar-refractivity contribution < 1.29 is 90.0 Å². The van der Waals surface area contributed by atoms with Gasteiger partial charge >= 0.3 is 0 Å². The van der Waals surface area contributed by atoms with E-state index in [4.69, 9.17) is 18.9 Å². The molecular formula is C82H62N2O20S4. The van der Waals surface area contributed by atoms with E-state index >= 15 is 19.2 Å². The summed E-state index contributed by atoms with van der Waals surface area (Å²) in [5, 5.41) is 4.15. The van der Waals surface area contributed by atoms with E-state index in [-0.39, 0.29) is 135 Å². The number of imide groups is 2. The zero-order chi connectivity index (χ0) is 76.6. The largest absolute Gasteiger partial charge is 0.457 e. The van der Waals surface area contributed by atoms with E-state index in [1.807, 2.05) is 91.8 Å². The van der Waals surface area contributed by atoms with Gasteiger partial charge in [-0.2, -0.15) is 33.7 Å². The number of carbonyl (C=O) groups is 4. The Morgan fingerprint density at radius 1 is 0.269 bits per heavy atom. The third-order valence-electron chi connectivity index (χ3n) is 20.2. The van der Waals surface area contributed by atoms with Crippen LogP contribution in [0.1, 0.15) is 143 Å². The van der Waals surface area contributed by atoms with Crippen LogP contribution in [0.25, 0.3) is 75.4 Å². The molecule has 22 nitrogen and oxygen atoms in total. The first-order chi connectivity index (χ1) is 51.1. The average molecular weight is 1520 g/mol. The number of hydrogen-bond donors (Lipinski definition) is 4. The molecule has 14 aromatic carbocycles. The molecule has 0 aromatic heterocycles. The lowest BCUT2D eigenvalue weighted by Gasteiger charge is -2.34. The zero-order valence-corrected chi connectivity index (χ0v) is 61.7. The Morgan fingerprint density at radius 2 is 0.472 bits per heavy atom. The summed E-state index contributed by atoms with van der Waals surface area (Å²) in [4.78, 5) is 65.1. The minimum Gasteiger partial charge on any atom is -0.457 e. The smallest absolute Gasteiger partial charge is 0.294 e. The minimum atomic E-state index is -4.74. The van der Waals surface area contributed by atoms with E-state index in [9.17, 15) is 51.9 Å². The highest BCUT2D eigenvalue weighted by molar-refractivity contribution is 7.86. The van der Waals surface area contributed by atoms with Crippen molar-refractivity contribution in [1.29, 1.82) is 0 Å². The lowest BCUT2D eigenvalue weighted by atomic mass is 9.79. The fourth-order valence-corrected chi connectivity index (χ4v) is 17.3. The Kier molecular flexibility index (Phi) is 16.4. The lowest BCUT2D eigenvalue weighted by Crippen LogP contribution is -2.42. The quantitative estimate of drug-likeness (QED) is 0.0268.